The lowest BCUT2D eigenvalue weighted by Gasteiger charge is -2.22. The summed E-state index contributed by atoms with van der Waals surface area (Å²) >= 11 is 0. The van der Waals surface area contributed by atoms with Crippen LogP contribution in [-0.4, -0.2) is 13.2 Å². The maximum absolute atomic E-state index is 11.9. The normalized spacial score (nSPS) is 14.9. The Balaban J connectivity index is 2.90. The third-order valence-corrected chi connectivity index (χ3v) is 5.48. The number of benzene rings is 1. The van der Waals surface area contributed by atoms with Crippen LogP contribution >= 0.6 is 7.82 Å². The molecule has 1 aromatic rings. The molecule has 0 aliphatic carbocycles. The highest BCUT2D eigenvalue weighted by molar-refractivity contribution is 7.49. The van der Waals surface area contributed by atoms with E-state index in [1.165, 1.54) is 0 Å². The molecule has 0 heterocycles. The molecule has 18 heavy (non-hydrogen) atoms. The van der Waals surface area contributed by atoms with Crippen LogP contribution in [0.2, 0.25) is 19.6 Å². The zero-order chi connectivity index (χ0) is 13.8. The number of phosphoric ester groups is 1. The number of hydrogen-bond donors (Lipinski definition) is 1. The van der Waals surface area contributed by atoms with Crippen LogP contribution < -0.4 is 4.52 Å². The van der Waals surface area contributed by atoms with E-state index in [4.69, 9.17) is 8.74 Å². The minimum absolute atomic E-state index is 0.362. The zero-order valence-electron chi connectivity index (χ0n) is 10.9. The molecule has 0 fully saturated rings. The number of hydrogen-bond acceptors (Lipinski definition) is 3. The van der Waals surface area contributed by atoms with E-state index in [1.807, 2.05) is 31.8 Å². The highest BCUT2D eigenvalue weighted by Gasteiger charge is 2.31. The van der Waals surface area contributed by atoms with Crippen LogP contribution in [0, 0.1) is 0 Å². The average Bonchev–Trinajstić information content (AvgIpc) is 2.17. The SMILES string of the molecule is C=CCc1ccccc1OP(=O)(O)O[Si](C)(C)C. The summed E-state index contributed by atoms with van der Waals surface area (Å²) in [5, 5.41) is 0. The predicted octanol–water partition coefficient (Wildman–Crippen LogP) is 3.75. The number of rotatable bonds is 6. The Morgan fingerprint density at radius 1 is 1.39 bits per heavy atom. The first kappa shape index (κ1) is 15.2. The van der Waals surface area contributed by atoms with E-state index in [1.54, 1.807) is 18.2 Å². The summed E-state index contributed by atoms with van der Waals surface area (Å²) in [6, 6.07) is 7.06. The van der Waals surface area contributed by atoms with Crippen molar-refractivity contribution in [2.24, 2.45) is 0 Å². The first-order valence-electron chi connectivity index (χ1n) is 5.65. The first-order valence-corrected chi connectivity index (χ1v) is 10.6. The lowest BCUT2D eigenvalue weighted by molar-refractivity contribution is 0.288. The number of allylic oxidation sites excluding steroid dienone is 1. The van der Waals surface area contributed by atoms with Gasteiger partial charge in [-0.2, -0.15) is 0 Å². The molecule has 0 aliphatic rings. The van der Waals surface area contributed by atoms with E-state index in [0.29, 0.717) is 12.2 Å². The third-order valence-electron chi connectivity index (χ3n) is 1.94. The molecule has 1 atom stereocenters. The lowest BCUT2D eigenvalue weighted by atomic mass is 10.1. The van der Waals surface area contributed by atoms with Gasteiger partial charge in [0, 0.05) is 0 Å². The van der Waals surface area contributed by atoms with Crippen molar-refractivity contribution in [3.05, 3.63) is 42.5 Å². The van der Waals surface area contributed by atoms with Crippen molar-refractivity contribution >= 4 is 16.1 Å². The standard InChI is InChI=1S/C12H19O4PSi/c1-5-8-11-9-6-7-10-12(11)15-17(13,14)16-18(2,3)4/h5-7,9-10H,1,8H2,2-4H3,(H,13,14). The molecular weight excluding hydrogens is 267 g/mol. The summed E-state index contributed by atoms with van der Waals surface area (Å²) in [6.07, 6.45) is 2.28. The molecule has 6 heteroatoms. The van der Waals surface area contributed by atoms with Crippen molar-refractivity contribution in [2.75, 3.05) is 0 Å². The summed E-state index contributed by atoms with van der Waals surface area (Å²) in [6.45, 7) is 9.13. The molecule has 1 rings (SSSR count). The van der Waals surface area contributed by atoms with Gasteiger partial charge in [0.1, 0.15) is 5.75 Å². The summed E-state index contributed by atoms with van der Waals surface area (Å²) in [7, 11) is -6.20. The van der Waals surface area contributed by atoms with Crippen LogP contribution in [0.3, 0.4) is 0 Å². The van der Waals surface area contributed by atoms with Gasteiger partial charge >= 0.3 is 7.82 Å². The fraction of sp³-hybridized carbons (Fsp3) is 0.333. The second kappa shape index (κ2) is 5.84. The minimum atomic E-state index is -4.06. The second-order valence-electron chi connectivity index (χ2n) is 4.86. The van der Waals surface area contributed by atoms with Crippen molar-refractivity contribution in [3.63, 3.8) is 0 Å². The Labute approximate surface area is 109 Å². The Hall–Kier alpha value is -0.873. The van der Waals surface area contributed by atoms with E-state index in [0.717, 1.165) is 5.56 Å². The maximum atomic E-state index is 11.9. The Morgan fingerprint density at radius 3 is 2.56 bits per heavy atom. The van der Waals surface area contributed by atoms with Crippen molar-refractivity contribution in [2.45, 2.75) is 26.1 Å². The van der Waals surface area contributed by atoms with Gasteiger partial charge in [-0.15, -0.1) is 6.58 Å². The van der Waals surface area contributed by atoms with Gasteiger partial charge in [-0.25, -0.2) is 4.57 Å². The summed E-state index contributed by atoms with van der Waals surface area (Å²) in [5.41, 5.74) is 0.806. The van der Waals surface area contributed by atoms with E-state index in [-0.39, 0.29) is 0 Å². The molecule has 0 aliphatic heterocycles. The molecule has 100 valence electrons. The summed E-state index contributed by atoms with van der Waals surface area (Å²) in [5.74, 6) is 0.362. The zero-order valence-corrected chi connectivity index (χ0v) is 12.8. The van der Waals surface area contributed by atoms with Gasteiger partial charge in [0.2, 0.25) is 0 Å². The van der Waals surface area contributed by atoms with E-state index in [9.17, 15) is 9.46 Å². The molecule has 0 amide bonds. The average molecular weight is 286 g/mol. The fourth-order valence-electron chi connectivity index (χ4n) is 1.41. The van der Waals surface area contributed by atoms with Gasteiger partial charge in [-0.05, 0) is 37.7 Å². The van der Waals surface area contributed by atoms with Crippen LogP contribution in [0.15, 0.2) is 36.9 Å². The fourth-order valence-corrected chi connectivity index (χ4v) is 4.75. The molecule has 4 nitrogen and oxygen atoms in total. The minimum Gasteiger partial charge on any atom is -0.404 e. The molecule has 1 unspecified atom stereocenters. The van der Waals surface area contributed by atoms with Crippen molar-refractivity contribution in [1.82, 2.24) is 0 Å². The molecule has 0 saturated heterocycles. The molecule has 0 spiro atoms. The molecule has 0 aromatic heterocycles. The molecule has 1 N–H and O–H groups in total. The van der Waals surface area contributed by atoms with Gasteiger partial charge < -0.3 is 8.74 Å². The quantitative estimate of drug-likeness (QED) is 0.491. The summed E-state index contributed by atoms with van der Waals surface area (Å²) < 4.78 is 22.2. The molecule has 0 saturated carbocycles. The van der Waals surface area contributed by atoms with Gasteiger partial charge in [0.25, 0.3) is 0 Å². The Kier molecular flexibility index (Phi) is 4.93. The van der Waals surface area contributed by atoms with Crippen LogP contribution in [0.25, 0.3) is 0 Å². The largest absolute Gasteiger partial charge is 0.517 e. The van der Waals surface area contributed by atoms with Gasteiger partial charge in [-0.1, -0.05) is 24.3 Å². The number of phosphoric acid groups is 1. The van der Waals surface area contributed by atoms with E-state index in [2.05, 4.69) is 6.58 Å². The second-order valence-corrected chi connectivity index (χ2v) is 10.9. The maximum Gasteiger partial charge on any atom is 0.517 e. The first-order chi connectivity index (χ1) is 8.23. The van der Waals surface area contributed by atoms with Gasteiger partial charge in [0.15, 0.2) is 8.32 Å². The molecule has 0 radical (unpaired) electrons. The number of para-hydroxylation sites is 1. The van der Waals surface area contributed by atoms with Crippen LogP contribution in [0.4, 0.5) is 0 Å². The third kappa shape index (κ3) is 5.19. The van der Waals surface area contributed by atoms with E-state index >= 15 is 0 Å². The smallest absolute Gasteiger partial charge is 0.404 e. The van der Waals surface area contributed by atoms with Crippen LogP contribution in [0.1, 0.15) is 5.56 Å². The van der Waals surface area contributed by atoms with Crippen molar-refractivity contribution in [3.8, 4) is 5.75 Å². The van der Waals surface area contributed by atoms with Crippen LogP contribution in [0.5, 0.6) is 5.75 Å². The highest BCUT2D eigenvalue weighted by Crippen LogP contribution is 2.47. The van der Waals surface area contributed by atoms with E-state index < -0.39 is 16.1 Å². The summed E-state index contributed by atoms with van der Waals surface area (Å²) in [4.78, 5) is 9.72. The topological polar surface area (TPSA) is 55.8 Å². The molecule has 1 aromatic carbocycles. The lowest BCUT2D eigenvalue weighted by Crippen LogP contribution is -2.24. The molecule has 0 bridgehead atoms. The Bertz CT molecular complexity index is 467. The van der Waals surface area contributed by atoms with Crippen LogP contribution in [-0.2, 0) is 15.2 Å². The van der Waals surface area contributed by atoms with Crippen molar-refractivity contribution < 1.29 is 18.2 Å². The monoisotopic (exact) mass is 286 g/mol. The highest BCUT2D eigenvalue weighted by atomic mass is 31.2. The molecular formula is C12H19O4PSi. The Morgan fingerprint density at radius 2 is 2.00 bits per heavy atom. The van der Waals surface area contributed by atoms with Crippen molar-refractivity contribution in [1.29, 1.82) is 0 Å². The predicted molar refractivity (Wildman–Crippen MR) is 75.2 cm³/mol. The van der Waals surface area contributed by atoms with Gasteiger partial charge in [-0.3, -0.25) is 4.89 Å². The van der Waals surface area contributed by atoms with Gasteiger partial charge in [0.05, 0.1) is 0 Å².